The number of benzene rings is 3. The topological polar surface area (TPSA) is 86.8 Å². The zero-order chi connectivity index (χ0) is 29.4. The number of anilines is 1. The molecular weight excluding hydrogens is 576 g/mol. The lowest BCUT2D eigenvalue weighted by atomic mass is 10.1. The van der Waals surface area contributed by atoms with Crippen LogP contribution in [0.1, 0.15) is 32.8 Å². The third kappa shape index (κ3) is 7.74. The van der Waals surface area contributed by atoms with Crippen molar-refractivity contribution in [3.63, 3.8) is 0 Å². The van der Waals surface area contributed by atoms with E-state index in [4.69, 9.17) is 23.2 Å². The van der Waals surface area contributed by atoms with Crippen LogP contribution in [-0.2, 0) is 26.2 Å². The number of amides is 2. The molecule has 11 heteroatoms. The van der Waals surface area contributed by atoms with Crippen LogP contribution < -0.4 is 9.62 Å². The van der Waals surface area contributed by atoms with Crippen molar-refractivity contribution in [3.05, 3.63) is 94.2 Å². The summed E-state index contributed by atoms with van der Waals surface area (Å²) >= 11 is 12.5. The van der Waals surface area contributed by atoms with Crippen LogP contribution in [0, 0.1) is 11.7 Å². The molecule has 2 amide bonds. The lowest BCUT2D eigenvalue weighted by Gasteiger charge is -2.33. The van der Waals surface area contributed by atoms with Gasteiger partial charge in [0.15, 0.2) is 0 Å². The molecule has 0 aliphatic rings. The van der Waals surface area contributed by atoms with Gasteiger partial charge in [-0.1, -0.05) is 80.4 Å². The zero-order valence-electron chi connectivity index (χ0n) is 22.5. The molecule has 0 unspecified atom stereocenters. The first-order valence-corrected chi connectivity index (χ1v) is 15.0. The highest BCUT2D eigenvalue weighted by molar-refractivity contribution is 7.92. The Morgan fingerprint density at radius 1 is 0.975 bits per heavy atom. The molecule has 214 valence electrons. The third-order valence-corrected chi connectivity index (χ3v) is 8.52. The van der Waals surface area contributed by atoms with Crippen molar-refractivity contribution in [1.82, 2.24) is 10.2 Å². The Morgan fingerprint density at radius 3 is 2.23 bits per heavy atom. The molecule has 0 radical (unpaired) electrons. The van der Waals surface area contributed by atoms with Crippen LogP contribution in [0.2, 0.25) is 10.0 Å². The van der Waals surface area contributed by atoms with Gasteiger partial charge in [0.2, 0.25) is 11.8 Å². The van der Waals surface area contributed by atoms with Crippen molar-refractivity contribution in [1.29, 1.82) is 0 Å². The number of rotatable bonds is 12. The van der Waals surface area contributed by atoms with Crippen molar-refractivity contribution in [3.8, 4) is 0 Å². The molecule has 0 spiro atoms. The summed E-state index contributed by atoms with van der Waals surface area (Å²) in [4.78, 5) is 28.4. The minimum atomic E-state index is -4.36. The summed E-state index contributed by atoms with van der Waals surface area (Å²) in [5, 5.41) is 3.53. The van der Waals surface area contributed by atoms with Gasteiger partial charge >= 0.3 is 0 Å². The van der Waals surface area contributed by atoms with E-state index in [0.29, 0.717) is 17.1 Å². The number of nitrogens with one attached hydrogen (secondary N) is 1. The lowest BCUT2D eigenvalue weighted by Crippen LogP contribution is -2.52. The van der Waals surface area contributed by atoms with Gasteiger partial charge < -0.3 is 10.2 Å². The fraction of sp³-hybridized carbons (Fsp3) is 0.310. The van der Waals surface area contributed by atoms with Gasteiger partial charge in [-0.25, -0.2) is 12.8 Å². The second-order valence-electron chi connectivity index (χ2n) is 9.60. The summed E-state index contributed by atoms with van der Waals surface area (Å²) < 4.78 is 43.1. The summed E-state index contributed by atoms with van der Waals surface area (Å²) in [5.74, 6) is -1.74. The molecule has 0 heterocycles. The van der Waals surface area contributed by atoms with Crippen LogP contribution in [0.4, 0.5) is 10.1 Å². The lowest BCUT2D eigenvalue weighted by molar-refractivity contribution is -0.140. The van der Waals surface area contributed by atoms with E-state index in [0.717, 1.165) is 10.4 Å². The Labute approximate surface area is 244 Å². The maximum Gasteiger partial charge on any atom is 0.264 e. The van der Waals surface area contributed by atoms with E-state index in [2.05, 4.69) is 5.32 Å². The summed E-state index contributed by atoms with van der Waals surface area (Å²) in [6, 6.07) is 16.6. The van der Waals surface area contributed by atoms with Gasteiger partial charge in [-0.15, -0.1) is 0 Å². The molecule has 40 heavy (non-hydrogen) atoms. The van der Waals surface area contributed by atoms with Gasteiger partial charge in [-0.05, 0) is 54.3 Å². The van der Waals surface area contributed by atoms with Crippen molar-refractivity contribution >= 4 is 50.7 Å². The van der Waals surface area contributed by atoms with Gasteiger partial charge in [-0.2, -0.15) is 0 Å². The van der Waals surface area contributed by atoms with E-state index in [9.17, 15) is 22.4 Å². The normalized spacial score (nSPS) is 12.2. The number of halogens is 3. The third-order valence-electron chi connectivity index (χ3n) is 6.16. The summed E-state index contributed by atoms with van der Waals surface area (Å²) in [7, 11) is -4.36. The molecular formula is C29H32Cl2FN3O4S. The SMILES string of the molecule is CC[C@@H](C(=O)NCC(C)C)N(Cc1ccc(Cl)cc1Cl)C(=O)CN(c1ccccc1F)S(=O)(=O)c1ccccc1. The molecule has 0 fully saturated rings. The van der Waals surface area contributed by atoms with Crippen LogP contribution >= 0.6 is 23.2 Å². The molecule has 0 saturated heterocycles. The van der Waals surface area contributed by atoms with Crippen LogP contribution in [0.5, 0.6) is 0 Å². The number of carbonyl (C=O) groups excluding carboxylic acids is 2. The van der Waals surface area contributed by atoms with E-state index in [-0.39, 0.29) is 34.5 Å². The highest BCUT2D eigenvalue weighted by Crippen LogP contribution is 2.28. The minimum absolute atomic E-state index is 0.0983. The van der Waals surface area contributed by atoms with Crippen LogP contribution in [0.15, 0.2) is 77.7 Å². The predicted octanol–water partition coefficient (Wildman–Crippen LogP) is 5.91. The largest absolute Gasteiger partial charge is 0.354 e. The second kappa shape index (κ2) is 14.0. The van der Waals surface area contributed by atoms with E-state index in [1.54, 1.807) is 25.1 Å². The predicted molar refractivity (Wildman–Crippen MR) is 156 cm³/mol. The van der Waals surface area contributed by atoms with Gasteiger partial charge in [0.1, 0.15) is 18.4 Å². The first kappa shape index (κ1) is 31.4. The Bertz CT molecular complexity index is 1440. The average Bonchev–Trinajstić information content (AvgIpc) is 2.92. The summed E-state index contributed by atoms with van der Waals surface area (Å²) in [5.41, 5.74) is 0.222. The Morgan fingerprint density at radius 2 is 1.62 bits per heavy atom. The highest BCUT2D eigenvalue weighted by Gasteiger charge is 2.34. The Hall–Kier alpha value is -3.14. The molecule has 3 aromatic rings. The number of carbonyl (C=O) groups is 2. The molecule has 7 nitrogen and oxygen atoms in total. The average molecular weight is 609 g/mol. The number of sulfonamides is 1. The summed E-state index contributed by atoms with van der Waals surface area (Å²) in [6.45, 7) is 5.18. The zero-order valence-corrected chi connectivity index (χ0v) is 24.8. The monoisotopic (exact) mass is 607 g/mol. The van der Waals surface area contributed by atoms with E-state index >= 15 is 0 Å². The standard InChI is InChI=1S/C29H32Cl2FN3O4S/c1-4-26(29(37)33-17-20(2)3)34(18-21-14-15-22(30)16-24(21)31)28(36)19-35(27-13-9-8-12-25(27)32)40(38,39)23-10-6-5-7-11-23/h5-16,20,26H,4,17-19H2,1-3H3,(H,33,37)/t26-/m0/s1. The van der Waals surface area contributed by atoms with Gasteiger partial charge in [0.05, 0.1) is 10.6 Å². The molecule has 3 aromatic carbocycles. The van der Waals surface area contributed by atoms with Crippen molar-refractivity contribution < 1.29 is 22.4 Å². The second-order valence-corrected chi connectivity index (χ2v) is 12.3. The van der Waals surface area contributed by atoms with Crippen molar-refractivity contribution in [2.75, 3.05) is 17.4 Å². The van der Waals surface area contributed by atoms with Crippen LogP contribution in [0.3, 0.4) is 0 Å². The van der Waals surface area contributed by atoms with Gasteiger partial charge in [-0.3, -0.25) is 13.9 Å². The van der Waals surface area contributed by atoms with Gasteiger partial charge in [0.25, 0.3) is 10.0 Å². The van der Waals surface area contributed by atoms with Crippen LogP contribution in [0.25, 0.3) is 0 Å². The number of hydrogen-bond acceptors (Lipinski definition) is 4. The Kier molecular flexibility index (Phi) is 11.0. The Balaban J connectivity index is 2.07. The first-order chi connectivity index (χ1) is 18.9. The van der Waals surface area contributed by atoms with E-state index in [1.807, 2.05) is 13.8 Å². The molecule has 3 rings (SSSR count). The first-order valence-electron chi connectivity index (χ1n) is 12.8. The van der Waals surface area contributed by atoms with Gasteiger partial charge in [0, 0.05) is 23.1 Å². The fourth-order valence-corrected chi connectivity index (χ4v) is 5.97. The molecule has 0 saturated carbocycles. The number of hydrogen-bond donors (Lipinski definition) is 1. The molecule has 0 bridgehead atoms. The molecule has 0 aromatic heterocycles. The smallest absolute Gasteiger partial charge is 0.264 e. The molecule has 1 N–H and O–H groups in total. The highest BCUT2D eigenvalue weighted by atomic mass is 35.5. The molecule has 0 aliphatic carbocycles. The summed E-state index contributed by atoms with van der Waals surface area (Å²) in [6.07, 6.45) is 0.242. The van der Waals surface area contributed by atoms with Crippen molar-refractivity contribution in [2.24, 2.45) is 5.92 Å². The fourth-order valence-electron chi connectivity index (χ4n) is 4.06. The maximum atomic E-state index is 15.0. The molecule has 0 aliphatic heterocycles. The van der Waals surface area contributed by atoms with E-state index in [1.165, 1.54) is 53.4 Å². The number of nitrogens with zero attached hydrogens (tertiary/aromatic N) is 2. The maximum absolute atomic E-state index is 15.0. The molecule has 1 atom stereocenters. The van der Waals surface area contributed by atoms with E-state index < -0.39 is 40.2 Å². The van der Waals surface area contributed by atoms with Crippen LogP contribution in [-0.4, -0.2) is 44.3 Å². The quantitative estimate of drug-likeness (QED) is 0.277. The number of para-hydroxylation sites is 1. The minimum Gasteiger partial charge on any atom is -0.354 e. The van der Waals surface area contributed by atoms with Crippen molar-refractivity contribution in [2.45, 2.75) is 44.7 Å².